The van der Waals surface area contributed by atoms with Gasteiger partial charge in [-0.15, -0.1) is 0 Å². The quantitative estimate of drug-likeness (QED) is 0.374. The van der Waals surface area contributed by atoms with Gasteiger partial charge in [0.25, 0.3) is 0 Å². The van der Waals surface area contributed by atoms with E-state index in [4.69, 9.17) is 0 Å². The Morgan fingerprint density at radius 1 is 0.923 bits per heavy atom. The number of fused-ring (bicyclic) bond motifs is 2. The monoisotopic (exact) mass is 537 g/mol. The molecule has 1 nitrogen and oxygen atoms in total. The number of rotatable bonds is 5. The molecular weight excluding hydrogens is 487 g/mol. The van der Waals surface area contributed by atoms with E-state index in [-0.39, 0.29) is 5.41 Å². The van der Waals surface area contributed by atoms with E-state index in [2.05, 4.69) is 89.1 Å². The lowest BCUT2D eigenvalue weighted by atomic mass is 9.48. The Morgan fingerprint density at radius 2 is 1.54 bits per heavy atom. The number of allylic oxidation sites excluding steroid dienone is 1. The first-order valence-corrected chi connectivity index (χ1v) is 19.3. The van der Waals surface area contributed by atoms with Crippen molar-refractivity contribution >= 4 is 14.3 Å². The van der Waals surface area contributed by atoms with Crippen molar-refractivity contribution in [3.63, 3.8) is 0 Å². The number of hydrogen-bond acceptors (Lipinski definition) is 1. The SMILES string of the molecule is CC1=Cc2c(cc3c(c2-c2ccc(C(C)(C)C)cc2)CCC3)C1[Si](C)(C)NC(C)C12CC3CC(CC(C3)C1)C2. The molecule has 208 valence electrons. The lowest BCUT2D eigenvalue weighted by Gasteiger charge is -2.60. The van der Waals surface area contributed by atoms with Gasteiger partial charge in [-0.1, -0.05) is 75.8 Å². The molecule has 0 saturated heterocycles. The summed E-state index contributed by atoms with van der Waals surface area (Å²) in [5, 5.41) is 0. The van der Waals surface area contributed by atoms with Gasteiger partial charge in [-0.05, 0) is 139 Å². The minimum atomic E-state index is -1.81. The lowest BCUT2D eigenvalue weighted by molar-refractivity contribution is -0.0671. The summed E-state index contributed by atoms with van der Waals surface area (Å²) >= 11 is 0. The van der Waals surface area contributed by atoms with Crippen LogP contribution in [0.2, 0.25) is 13.1 Å². The summed E-state index contributed by atoms with van der Waals surface area (Å²) in [5.74, 6) is 3.07. The van der Waals surface area contributed by atoms with E-state index in [0.29, 0.717) is 17.0 Å². The number of nitrogens with one attached hydrogen (secondary N) is 1. The summed E-state index contributed by atoms with van der Waals surface area (Å²) in [4.78, 5) is 4.48. The highest BCUT2D eigenvalue weighted by atomic mass is 28.3. The second-order valence-corrected chi connectivity index (χ2v) is 20.6. The molecule has 0 heterocycles. The van der Waals surface area contributed by atoms with Gasteiger partial charge in [-0.25, -0.2) is 0 Å². The first-order chi connectivity index (χ1) is 18.4. The molecule has 8 rings (SSSR count). The Kier molecular flexibility index (Phi) is 6.01. The molecule has 4 bridgehead atoms. The molecule has 0 radical (unpaired) electrons. The van der Waals surface area contributed by atoms with E-state index in [1.54, 1.807) is 33.4 Å². The van der Waals surface area contributed by atoms with Crippen molar-refractivity contribution in [2.24, 2.45) is 23.2 Å². The maximum absolute atomic E-state index is 4.48. The molecular formula is C37H51NSi. The van der Waals surface area contributed by atoms with E-state index in [1.807, 2.05) is 0 Å². The van der Waals surface area contributed by atoms with Crippen LogP contribution in [0.3, 0.4) is 0 Å². The Bertz CT molecular complexity index is 1290. The topological polar surface area (TPSA) is 12.0 Å². The summed E-state index contributed by atoms with van der Waals surface area (Å²) in [6.45, 7) is 17.3. The van der Waals surface area contributed by atoms with E-state index in [0.717, 1.165) is 17.8 Å². The van der Waals surface area contributed by atoms with E-state index in [9.17, 15) is 0 Å². The van der Waals surface area contributed by atoms with Crippen LogP contribution >= 0.6 is 0 Å². The molecule has 0 aromatic heterocycles. The van der Waals surface area contributed by atoms with Crippen molar-refractivity contribution < 1.29 is 0 Å². The van der Waals surface area contributed by atoms with Crippen LogP contribution in [0.15, 0.2) is 35.9 Å². The van der Waals surface area contributed by atoms with E-state index < -0.39 is 8.24 Å². The van der Waals surface area contributed by atoms with Gasteiger partial charge in [0.1, 0.15) is 8.24 Å². The normalized spacial score (nSPS) is 31.8. The molecule has 0 aliphatic heterocycles. The van der Waals surface area contributed by atoms with Crippen molar-refractivity contribution in [1.82, 2.24) is 4.98 Å². The Hall–Kier alpha value is -1.64. The third kappa shape index (κ3) is 4.26. The molecule has 4 fully saturated rings. The summed E-state index contributed by atoms with van der Waals surface area (Å²) in [5.41, 5.74) is 13.8. The number of aryl methyl sites for hydroxylation is 1. The third-order valence-corrected chi connectivity index (χ3v) is 15.4. The van der Waals surface area contributed by atoms with Gasteiger partial charge in [0, 0.05) is 11.6 Å². The minimum Gasteiger partial charge on any atom is -0.334 e. The van der Waals surface area contributed by atoms with Crippen molar-refractivity contribution in [1.29, 1.82) is 0 Å². The highest BCUT2D eigenvalue weighted by Crippen LogP contribution is 2.61. The van der Waals surface area contributed by atoms with Crippen molar-refractivity contribution in [2.45, 2.75) is 122 Å². The molecule has 2 unspecified atom stereocenters. The molecule has 2 atom stereocenters. The average molecular weight is 538 g/mol. The second-order valence-electron chi connectivity index (χ2n) is 16.3. The third-order valence-electron chi connectivity index (χ3n) is 12.0. The van der Waals surface area contributed by atoms with E-state index >= 15 is 0 Å². The van der Waals surface area contributed by atoms with Crippen LogP contribution in [-0.2, 0) is 18.3 Å². The smallest absolute Gasteiger partial charge is 0.131 e. The number of benzene rings is 2. The molecule has 2 aromatic rings. The molecule has 6 aliphatic rings. The van der Waals surface area contributed by atoms with Crippen LogP contribution in [0.4, 0.5) is 0 Å². The molecule has 39 heavy (non-hydrogen) atoms. The standard InChI is InChI=1S/C37H51NSi/c1-23-15-32-33(19-29-9-8-10-31(29)34(32)28-11-13-30(14-12-28)36(3,4)5)35(23)39(6,7)38-24(2)37-20-25-16-26(21-37)18-27(17-25)22-37/h11-15,19,24-27,35,38H,8-10,16-18,20-22H2,1-7H3. The predicted octanol–water partition coefficient (Wildman–Crippen LogP) is 9.58. The lowest BCUT2D eigenvalue weighted by Crippen LogP contribution is -2.62. The average Bonchev–Trinajstić information content (AvgIpc) is 3.44. The predicted molar refractivity (Wildman–Crippen MR) is 170 cm³/mol. The zero-order valence-corrected chi connectivity index (χ0v) is 26.7. The van der Waals surface area contributed by atoms with Crippen LogP contribution in [0, 0.1) is 23.2 Å². The van der Waals surface area contributed by atoms with Gasteiger partial charge in [0.05, 0.1) is 0 Å². The molecule has 2 heteroatoms. The second kappa shape index (κ2) is 8.93. The highest BCUT2D eigenvalue weighted by Gasteiger charge is 2.54. The molecule has 0 spiro atoms. The first-order valence-electron chi connectivity index (χ1n) is 16.2. The Balaban J connectivity index is 1.24. The zero-order valence-electron chi connectivity index (χ0n) is 25.7. The minimum absolute atomic E-state index is 0.190. The van der Waals surface area contributed by atoms with Crippen LogP contribution in [0.25, 0.3) is 17.2 Å². The van der Waals surface area contributed by atoms with Gasteiger partial charge in [0.2, 0.25) is 0 Å². The Labute approximate surface area is 239 Å². The highest BCUT2D eigenvalue weighted by molar-refractivity contribution is 6.77. The molecule has 4 saturated carbocycles. The van der Waals surface area contributed by atoms with Crippen LogP contribution in [-0.4, -0.2) is 14.3 Å². The largest absolute Gasteiger partial charge is 0.334 e. The molecule has 2 aromatic carbocycles. The fraction of sp³-hybridized carbons (Fsp3) is 0.622. The fourth-order valence-corrected chi connectivity index (χ4v) is 14.5. The van der Waals surface area contributed by atoms with Crippen molar-refractivity contribution in [3.05, 3.63) is 63.7 Å². The van der Waals surface area contributed by atoms with Crippen LogP contribution in [0.5, 0.6) is 0 Å². The zero-order chi connectivity index (χ0) is 27.3. The van der Waals surface area contributed by atoms with Gasteiger partial charge >= 0.3 is 0 Å². The van der Waals surface area contributed by atoms with Gasteiger partial charge < -0.3 is 4.98 Å². The van der Waals surface area contributed by atoms with Crippen LogP contribution in [0.1, 0.15) is 113 Å². The summed E-state index contributed by atoms with van der Waals surface area (Å²) in [7, 11) is -1.81. The molecule has 1 N–H and O–H groups in total. The fourth-order valence-electron chi connectivity index (χ4n) is 10.7. The maximum Gasteiger partial charge on any atom is 0.131 e. The molecule has 0 amide bonds. The first kappa shape index (κ1) is 26.3. The van der Waals surface area contributed by atoms with Crippen molar-refractivity contribution in [3.8, 4) is 11.1 Å². The van der Waals surface area contributed by atoms with E-state index in [1.165, 1.54) is 68.9 Å². The van der Waals surface area contributed by atoms with Crippen LogP contribution < -0.4 is 4.98 Å². The Morgan fingerprint density at radius 3 is 2.13 bits per heavy atom. The van der Waals surface area contributed by atoms with Crippen molar-refractivity contribution in [2.75, 3.05) is 0 Å². The maximum atomic E-state index is 4.48. The summed E-state index contributed by atoms with van der Waals surface area (Å²) < 4.78 is 0. The van der Waals surface area contributed by atoms with Gasteiger partial charge in [-0.3, -0.25) is 0 Å². The summed E-state index contributed by atoms with van der Waals surface area (Å²) in [6, 6.07) is 12.9. The van der Waals surface area contributed by atoms with Gasteiger partial charge in [-0.2, -0.15) is 0 Å². The summed E-state index contributed by atoms with van der Waals surface area (Å²) in [6.07, 6.45) is 15.5. The van der Waals surface area contributed by atoms with Gasteiger partial charge in [0.15, 0.2) is 0 Å². The molecule has 6 aliphatic carbocycles. The number of hydrogen-bond donors (Lipinski definition) is 1.